The van der Waals surface area contributed by atoms with Gasteiger partial charge in [-0.1, -0.05) is 18.2 Å². The van der Waals surface area contributed by atoms with E-state index in [1.807, 2.05) is 24.4 Å². The van der Waals surface area contributed by atoms with Crippen LogP contribution in [0.25, 0.3) is 22.3 Å². The van der Waals surface area contributed by atoms with E-state index in [0.29, 0.717) is 0 Å². The maximum absolute atomic E-state index is 4.11. The van der Waals surface area contributed by atoms with E-state index in [4.69, 9.17) is 0 Å². The summed E-state index contributed by atoms with van der Waals surface area (Å²) in [6.45, 7) is 0. The molecule has 0 aliphatic carbocycles. The number of fused-ring (bicyclic) bond motifs is 1. The van der Waals surface area contributed by atoms with Crippen molar-refractivity contribution >= 4 is 10.9 Å². The molecule has 0 saturated carbocycles. The predicted molar refractivity (Wildman–Crippen MR) is 54.7 cm³/mol. The van der Waals surface area contributed by atoms with Crippen molar-refractivity contribution in [2.75, 3.05) is 0 Å². The zero-order valence-electron chi connectivity index (χ0n) is 7.41. The highest BCUT2D eigenvalue weighted by Gasteiger charge is 2.06. The fourth-order valence-corrected chi connectivity index (χ4v) is 1.64. The van der Waals surface area contributed by atoms with Crippen LogP contribution in [0.4, 0.5) is 0 Å². The van der Waals surface area contributed by atoms with Gasteiger partial charge in [0.05, 0.1) is 0 Å². The number of para-hydroxylation sites is 1. The van der Waals surface area contributed by atoms with Crippen molar-refractivity contribution in [3.05, 3.63) is 42.9 Å². The molecule has 3 aromatic rings. The average Bonchev–Trinajstić information content (AvgIpc) is 2.85. The van der Waals surface area contributed by atoms with E-state index < -0.39 is 0 Å². The van der Waals surface area contributed by atoms with Crippen LogP contribution < -0.4 is 0 Å². The van der Waals surface area contributed by atoms with E-state index in [2.05, 4.69) is 27.2 Å². The smallest absolute Gasteiger partial charge is 0.140 e. The number of hydrogen-bond donors (Lipinski definition) is 2. The van der Waals surface area contributed by atoms with Gasteiger partial charge >= 0.3 is 0 Å². The van der Waals surface area contributed by atoms with E-state index in [1.54, 1.807) is 6.20 Å². The molecule has 2 N–H and O–H groups in total. The van der Waals surface area contributed by atoms with Gasteiger partial charge in [0, 0.05) is 28.9 Å². The third kappa shape index (κ3) is 0.956. The fraction of sp³-hybridized carbons (Fsp3) is 0. The summed E-state index contributed by atoms with van der Waals surface area (Å²) in [5.74, 6) is 0.849. The molecular formula is C11H8N3. The quantitative estimate of drug-likeness (QED) is 0.596. The summed E-state index contributed by atoms with van der Waals surface area (Å²) in [6, 6.07) is 8.15. The molecule has 0 aliphatic heterocycles. The van der Waals surface area contributed by atoms with E-state index >= 15 is 0 Å². The lowest BCUT2D eigenvalue weighted by atomic mass is 10.2. The first-order valence-electron chi connectivity index (χ1n) is 4.43. The molecule has 0 fully saturated rings. The summed E-state index contributed by atoms with van der Waals surface area (Å²) in [4.78, 5) is 10.4. The van der Waals surface area contributed by atoms with Crippen LogP contribution in [0.5, 0.6) is 0 Å². The van der Waals surface area contributed by atoms with Gasteiger partial charge in [0.25, 0.3) is 0 Å². The number of nitrogens with zero attached hydrogens (tertiary/aromatic N) is 1. The Bertz CT molecular complexity index is 549. The Labute approximate surface area is 80.8 Å². The first-order chi connectivity index (χ1) is 6.95. The van der Waals surface area contributed by atoms with Crippen LogP contribution in [-0.4, -0.2) is 15.0 Å². The standard InChI is InChI=1S/C11H8N3/c1-2-4-10-8(3-1)9(7-14-10)11-12-5-6-13-11/h1-5,7,14H,(H,12,13). The monoisotopic (exact) mass is 182 g/mol. The lowest BCUT2D eigenvalue weighted by Crippen LogP contribution is -1.76. The minimum Gasteiger partial charge on any atom is -0.360 e. The summed E-state index contributed by atoms with van der Waals surface area (Å²) in [5.41, 5.74) is 2.21. The van der Waals surface area contributed by atoms with Crippen molar-refractivity contribution in [2.24, 2.45) is 0 Å². The highest BCUT2D eigenvalue weighted by molar-refractivity contribution is 5.93. The third-order valence-corrected chi connectivity index (χ3v) is 2.29. The predicted octanol–water partition coefficient (Wildman–Crippen LogP) is 2.36. The Morgan fingerprint density at radius 3 is 2.93 bits per heavy atom. The summed E-state index contributed by atoms with van der Waals surface area (Å²) in [6.07, 6.45) is 6.42. The van der Waals surface area contributed by atoms with E-state index in [1.165, 1.54) is 5.39 Å². The number of hydrogen-bond acceptors (Lipinski definition) is 1. The SMILES string of the molecule is [c]1c[nH]c(-c2c[nH]c3ccccc23)n1. The van der Waals surface area contributed by atoms with E-state index in [-0.39, 0.29) is 0 Å². The number of benzene rings is 1. The number of H-pyrrole nitrogens is 2. The highest BCUT2D eigenvalue weighted by Crippen LogP contribution is 2.25. The van der Waals surface area contributed by atoms with Crippen LogP contribution >= 0.6 is 0 Å². The number of rotatable bonds is 1. The van der Waals surface area contributed by atoms with Crippen LogP contribution in [0.3, 0.4) is 0 Å². The molecule has 1 aromatic carbocycles. The Balaban J connectivity index is 2.33. The van der Waals surface area contributed by atoms with Gasteiger partial charge < -0.3 is 9.97 Å². The zero-order chi connectivity index (χ0) is 9.38. The zero-order valence-corrected chi connectivity index (χ0v) is 7.41. The summed E-state index contributed by atoms with van der Waals surface area (Å²) in [5, 5.41) is 1.18. The number of nitrogens with one attached hydrogen (secondary N) is 2. The molecule has 3 rings (SSSR count). The third-order valence-electron chi connectivity index (χ3n) is 2.29. The Morgan fingerprint density at radius 1 is 1.14 bits per heavy atom. The topological polar surface area (TPSA) is 44.5 Å². The fourth-order valence-electron chi connectivity index (χ4n) is 1.64. The highest BCUT2D eigenvalue weighted by atomic mass is 14.9. The largest absolute Gasteiger partial charge is 0.360 e. The van der Waals surface area contributed by atoms with Gasteiger partial charge in [-0.3, -0.25) is 0 Å². The Kier molecular flexibility index (Phi) is 1.44. The molecule has 14 heavy (non-hydrogen) atoms. The molecule has 0 saturated heterocycles. The van der Waals surface area contributed by atoms with Crippen LogP contribution in [-0.2, 0) is 0 Å². The average molecular weight is 182 g/mol. The van der Waals surface area contributed by atoms with E-state index in [0.717, 1.165) is 16.9 Å². The normalized spacial score (nSPS) is 10.9. The second-order valence-corrected chi connectivity index (χ2v) is 3.13. The van der Waals surface area contributed by atoms with Gasteiger partial charge in [0.2, 0.25) is 0 Å². The number of aromatic nitrogens is 3. The molecule has 3 nitrogen and oxygen atoms in total. The van der Waals surface area contributed by atoms with Crippen LogP contribution in [0, 0.1) is 6.20 Å². The molecule has 67 valence electrons. The Morgan fingerprint density at radius 2 is 2.07 bits per heavy atom. The maximum Gasteiger partial charge on any atom is 0.140 e. The van der Waals surface area contributed by atoms with Crippen LogP contribution in [0.15, 0.2) is 36.7 Å². The maximum atomic E-state index is 4.11. The first-order valence-corrected chi connectivity index (χ1v) is 4.43. The van der Waals surface area contributed by atoms with Crippen molar-refractivity contribution < 1.29 is 0 Å². The molecule has 0 aliphatic rings. The van der Waals surface area contributed by atoms with Crippen LogP contribution in [0.2, 0.25) is 0 Å². The molecule has 0 amide bonds. The number of imidazole rings is 1. The van der Waals surface area contributed by atoms with Gasteiger partial charge in [0.1, 0.15) is 12.0 Å². The molecule has 3 heteroatoms. The van der Waals surface area contributed by atoms with Crippen molar-refractivity contribution in [2.45, 2.75) is 0 Å². The molecule has 2 aromatic heterocycles. The van der Waals surface area contributed by atoms with Gasteiger partial charge in [-0.2, -0.15) is 0 Å². The van der Waals surface area contributed by atoms with Gasteiger partial charge in [0.15, 0.2) is 0 Å². The van der Waals surface area contributed by atoms with Crippen molar-refractivity contribution in [3.63, 3.8) is 0 Å². The second-order valence-electron chi connectivity index (χ2n) is 3.13. The second kappa shape index (κ2) is 2.73. The first kappa shape index (κ1) is 7.38. The van der Waals surface area contributed by atoms with E-state index in [9.17, 15) is 0 Å². The summed E-state index contributed by atoms with van der Waals surface area (Å²) in [7, 11) is 0. The lowest BCUT2D eigenvalue weighted by molar-refractivity contribution is 1.31. The lowest BCUT2D eigenvalue weighted by Gasteiger charge is -1.92. The van der Waals surface area contributed by atoms with Gasteiger partial charge in [-0.05, 0) is 6.07 Å². The molecule has 0 unspecified atom stereocenters. The van der Waals surface area contributed by atoms with Gasteiger partial charge in [-0.15, -0.1) is 0 Å². The van der Waals surface area contributed by atoms with Crippen LogP contribution in [0.1, 0.15) is 0 Å². The number of aromatic amines is 2. The van der Waals surface area contributed by atoms with Crippen molar-refractivity contribution in [1.82, 2.24) is 15.0 Å². The molecule has 2 heterocycles. The molecule has 0 atom stereocenters. The minimum atomic E-state index is 0.849. The van der Waals surface area contributed by atoms with Gasteiger partial charge in [-0.25, -0.2) is 4.98 Å². The molecular weight excluding hydrogens is 174 g/mol. The summed E-state index contributed by atoms with van der Waals surface area (Å²) < 4.78 is 0. The van der Waals surface area contributed by atoms with Crippen molar-refractivity contribution in [1.29, 1.82) is 0 Å². The summed E-state index contributed by atoms with van der Waals surface area (Å²) >= 11 is 0. The molecule has 1 radical (unpaired) electrons. The Hall–Kier alpha value is -2.03. The van der Waals surface area contributed by atoms with Crippen molar-refractivity contribution in [3.8, 4) is 11.4 Å². The molecule has 0 bridgehead atoms. The minimum absolute atomic E-state index is 0.849. The molecule has 0 spiro atoms.